The molecular formula is C23H20ClN3O2S. The Bertz CT molecular complexity index is 1160. The Hall–Kier alpha value is -2.96. The van der Waals surface area contributed by atoms with Gasteiger partial charge in [-0.05, 0) is 85.3 Å². The molecule has 2 N–H and O–H groups in total. The van der Waals surface area contributed by atoms with Crippen LogP contribution < -0.4 is 10.5 Å². The van der Waals surface area contributed by atoms with Crippen molar-refractivity contribution in [3.05, 3.63) is 87.0 Å². The summed E-state index contributed by atoms with van der Waals surface area (Å²) >= 11 is 7.12. The van der Waals surface area contributed by atoms with E-state index >= 15 is 0 Å². The van der Waals surface area contributed by atoms with Crippen LogP contribution in [-0.2, 0) is 11.4 Å². The van der Waals surface area contributed by atoms with Crippen LogP contribution in [0, 0.1) is 13.8 Å². The second-order valence-electron chi connectivity index (χ2n) is 6.94. The summed E-state index contributed by atoms with van der Waals surface area (Å²) in [6, 6.07) is 17.6. The molecule has 0 unspecified atom stereocenters. The number of hydrogen-bond acceptors (Lipinski definition) is 4. The molecule has 5 nitrogen and oxygen atoms in total. The number of benzene rings is 2. The third kappa shape index (κ3) is 4.30. The van der Waals surface area contributed by atoms with Gasteiger partial charge in [-0.3, -0.25) is 4.79 Å². The van der Waals surface area contributed by atoms with Crippen molar-refractivity contribution in [2.24, 2.45) is 10.7 Å². The summed E-state index contributed by atoms with van der Waals surface area (Å²) in [7, 11) is 0. The Kier molecular flexibility index (Phi) is 5.70. The molecule has 1 aromatic heterocycles. The van der Waals surface area contributed by atoms with Crippen LogP contribution in [0.2, 0.25) is 5.02 Å². The quantitative estimate of drug-likeness (QED) is 0.553. The van der Waals surface area contributed by atoms with Gasteiger partial charge < -0.3 is 15.0 Å². The van der Waals surface area contributed by atoms with Crippen molar-refractivity contribution in [3.63, 3.8) is 0 Å². The number of hydrogen-bond donors (Lipinski definition) is 1. The first-order valence-corrected chi connectivity index (χ1v) is 10.5. The predicted molar refractivity (Wildman–Crippen MR) is 123 cm³/mol. The lowest BCUT2D eigenvalue weighted by Crippen LogP contribution is -2.01. The molecule has 0 fully saturated rings. The number of rotatable bonds is 5. The summed E-state index contributed by atoms with van der Waals surface area (Å²) in [4.78, 5) is 16.2. The lowest BCUT2D eigenvalue weighted by molar-refractivity contribution is -0.113. The molecule has 0 saturated heterocycles. The molecule has 7 heteroatoms. The van der Waals surface area contributed by atoms with E-state index in [1.54, 1.807) is 0 Å². The largest absolute Gasteiger partial charge is 0.489 e. The first kappa shape index (κ1) is 20.3. The number of aromatic nitrogens is 1. The van der Waals surface area contributed by atoms with Crippen molar-refractivity contribution in [1.29, 1.82) is 0 Å². The van der Waals surface area contributed by atoms with E-state index in [4.69, 9.17) is 22.1 Å². The minimum absolute atomic E-state index is 0.286. The van der Waals surface area contributed by atoms with Gasteiger partial charge in [0.05, 0.1) is 4.91 Å². The maximum Gasteiger partial charge on any atom is 0.286 e. The zero-order valence-corrected chi connectivity index (χ0v) is 18.1. The minimum Gasteiger partial charge on any atom is -0.489 e. The Labute approximate surface area is 184 Å². The van der Waals surface area contributed by atoms with Gasteiger partial charge in [-0.1, -0.05) is 23.7 Å². The van der Waals surface area contributed by atoms with Gasteiger partial charge in [0.1, 0.15) is 12.4 Å². The highest BCUT2D eigenvalue weighted by molar-refractivity contribution is 8.18. The van der Waals surface area contributed by atoms with Gasteiger partial charge in [-0.15, -0.1) is 0 Å². The normalized spacial score (nSPS) is 15.0. The van der Waals surface area contributed by atoms with Crippen LogP contribution in [0.25, 0.3) is 11.8 Å². The summed E-state index contributed by atoms with van der Waals surface area (Å²) in [6.07, 6.45) is 1.85. The number of thioether (sulfide) groups is 1. The molecule has 1 amide bonds. The van der Waals surface area contributed by atoms with E-state index < -0.39 is 0 Å². The van der Waals surface area contributed by atoms with Gasteiger partial charge in [0.15, 0.2) is 5.17 Å². The fourth-order valence-corrected chi connectivity index (χ4v) is 4.14. The van der Waals surface area contributed by atoms with Crippen molar-refractivity contribution >= 4 is 40.5 Å². The standard InChI is InChI=1S/C23H20ClN3O2S/c1-14-11-17(12-21-22(28)26-23(25)30-21)15(2)27(14)19-7-9-20(10-8-19)29-13-16-3-5-18(24)6-4-16/h3-12H,13H2,1-2H3,(H2,25,26,28). The SMILES string of the molecule is Cc1cc(C=C2SC(N)=NC2=O)c(C)n1-c1ccc(OCc2ccc(Cl)cc2)cc1. The van der Waals surface area contributed by atoms with Gasteiger partial charge in [-0.25, -0.2) is 0 Å². The lowest BCUT2D eigenvalue weighted by atomic mass is 10.2. The van der Waals surface area contributed by atoms with Crippen LogP contribution in [0.1, 0.15) is 22.5 Å². The number of nitrogens with two attached hydrogens (primary N) is 1. The molecule has 0 bridgehead atoms. The van der Waals surface area contributed by atoms with E-state index in [2.05, 4.69) is 15.6 Å². The van der Waals surface area contributed by atoms with Gasteiger partial charge in [0.2, 0.25) is 0 Å². The first-order chi connectivity index (χ1) is 14.4. The van der Waals surface area contributed by atoms with Crippen molar-refractivity contribution in [1.82, 2.24) is 4.57 Å². The molecule has 30 heavy (non-hydrogen) atoms. The van der Waals surface area contributed by atoms with Gasteiger partial charge in [0.25, 0.3) is 5.91 Å². The number of carbonyl (C=O) groups is 1. The third-order valence-electron chi connectivity index (χ3n) is 4.81. The van der Waals surface area contributed by atoms with Crippen molar-refractivity contribution in [2.75, 3.05) is 0 Å². The van der Waals surface area contributed by atoms with E-state index in [9.17, 15) is 4.79 Å². The molecule has 0 spiro atoms. The molecule has 0 aliphatic carbocycles. The molecule has 1 aliphatic heterocycles. The molecule has 1 aliphatic rings. The second-order valence-corrected chi connectivity index (χ2v) is 8.44. The van der Waals surface area contributed by atoms with Crippen LogP contribution >= 0.6 is 23.4 Å². The number of nitrogens with zero attached hydrogens (tertiary/aromatic N) is 2. The smallest absolute Gasteiger partial charge is 0.286 e. The number of carbonyl (C=O) groups excluding carboxylic acids is 1. The van der Waals surface area contributed by atoms with Crippen LogP contribution in [0.4, 0.5) is 0 Å². The number of halogens is 1. The molecule has 152 valence electrons. The monoisotopic (exact) mass is 437 g/mol. The molecule has 2 heterocycles. The fraction of sp³-hybridized carbons (Fsp3) is 0.130. The van der Waals surface area contributed by atoms with Crippen molar-refractivity contribution < 1.29 is 9.53 Å². The Morgan fingerprint density at radius 1 is 1.13 bits per heavy atom. The van der Waals surface area contributed by atoms with Gasteiger partial charge >= 0.3 is 0 Å². The number of aryl methyl sites for hydroxylation is 1. The number of amides is 1. The van der Waals surface area contributed by atoms with E-state index in [0.717, 1.165) is 34.0 Å². The summed E-state index contributed by atoms with van der Waals surface area (Å²) in [6.45, 7) is 4.54. The van der Waals surface area contributed by atoms with Crippen LogP contribution in [0.5, 0.6) is 5.75 Å². The van der Waals surface area contributed by atoms with E-state index in [-0.39, 0.29) is 11.1 Å². The minimum atomic E-state index is -0.288. The highest BCUT2D eigenvalue weighted by Gasteiger charge is 2.20. The van der Waals surface area contributed by atoms with Gasteiger partial charge in [0, 0.05) is 22.1 Å². The average Bonchev–Trinajstić information content (AvgIpc) is 3.19. The molecule has 0 saturated carbocycles. The van der Waals surface area contributed by atoms with Gasteiger partial charge in [-0.2, -0.15) is 4.99 Å². The molecule has 0 radical (unpaired) electrons. The average molecular weight is 438 g/mol. The highest BCUT2D eigenvalue weighted by Crippen LogP contribution is 2.30. The first-order valence-electron chi connectivity index (χ1n) is 9.35. The summed E-state index contributed by atoms with van der Waals surface area (Å²) in [5, 5.41) is 0.997. The predicted octanol–water partition coefficient (Wildman–Crippen LogP) is 5.26. The Morgan fingerprint density at radius 2 is 1.83 bits per heavy atom. The third-order valence-corrected chi connectivity index (χ3v) is 5.87. The van der Waals surface area contributed by atoms with E-state index in [0.29, 0.717) is 16.5 Å². The zero-order chi connectivity index (χ0) is 21.3. The molecule has 0 atom stereocenters. The number of aliphatic imine (C=N–C) groups is 1. The second kappa shape index (κ2) is 8.42. The van der Waals surface area contributed by atoms with Crippen LogP contribution in [-0.4, -0.2) is 15.6 Å². The number of amidine groups is 1. The van der Waals surface area contributed by atoms with Crippen molar-refractivity contribution in [3.8, 4) is 11.4 Å². The summed E-state index contributed by atoms with van der Waals surface area (Å²) in [5.74, 6) is 0.503. The molecule has 3 aromatic rings. The van der Waals surface area contributed by atoms with Crippen molar-refractivity contribution in [2.45, 2.75) is 20.5 Å². The Morgan fingerprint density at radius 3 is 2.47 bits per heavy atom. The van der Waals surface area contributed by atoms with Crippen LogP contribution in [0.15, 0.2) is 64.5 Å². The fourth-order valence-electron chi connectivity index (χ4n) is 3.34. The molecule has 2 aromatic carbocycles. The highest BCUT2D eigenvalue weighted by atomic mass is 35.5. The van der Waals surface area contributed by atoms with E-state index in [1.165, 1.54) is 11.8 Å². The Balaban J connectivity index is 1.52. The maximum absolute atomic E-state index is 11.9. The summed E-state index contributed by atoms with van der Waals surface area (Å²) < 4.78 is 8.01. The maximum atomic E-state index is 11.9. The lowest BCUT2D eigenvalue weighted by Gasteiger charge is -2.11. The number of ether oxygens (including phenoxy) is 1. The van der Waals surface area contributed by atoms with E-state index in [1.807, 2.05) is 68.5 Å². The summed E-state index contributed by atoms with van der Waals surface area (Å²) in [5.41, 5.74) is 10.8. The molecular weight excluding hydrogens is 418 g/mol. The van der Waals surface area contributed by atoms with Crippen LogP contribution in [0.3, 0.4) is 0 Å². The molecule has 4 rings (SSSR count). The topological polar surface area (TPSA) is 69.6 Å². The zero-order valence-electron chi connectivity index (χ0n) is 16.6.